The van der Waals surface area contributed by atoms with Gasteiger partial charge in [0.05, 0.1) is 17.1 Å². The Morgan fingerprint density at radius 2 is 2.16 bits per heavy atom. The van der Waals surface area contributed by atoms with E-state index in [9.17, 15) is 0 Å². The van der Waals surface area contributed by atoms with Crippen LogP contribution in [0.2, 0.25) is 0 Å². The molecular formula is C15H20N4. The Balaban J connectivity index is 2.41. The third-order valence-electron chi connectivity index (χ3n) is 3.67. The molecule has 0 bridgehead atoms. The van der Waals surface area contributed by atoms with Gasteiger partial charge in [-0.05, 0) is 45.1 Å². The monoisotopic (exact) mass is 256 g/mol. The normalized spacial score (nSPS) is 12.8. The van der Waals surface area contributed by atoms with Crippen molar-refractivity contribution in [2.24, 2.45) is 7.05 Å². The zero-order valence-electron chi connectivity index (χ0n) is 12.0. The molecule has 100 valence electrons. The molecule has 0 saturated carbocycles. The van der Waals surface area contributed by atoms with Gasteiger partial charge in [-0.3, -0.25) is 0 Å². The average Bonchev–Trinajstić information content (AvgIpc) is 2.65. The van der Waals surface area contributed by atoms with Crippen molar-refractivity contribution in [1.29, 1.82) is 5.26 Å². The number of nitrogens with zero attached hydrogens (tertiary/aromatic N) is 4. The van der Waals surface area contributed by atoms with E-state index in [0.717, 1.165) is 23.3 Å². The Hall–Kier alpha value is -1.86. The maximum atomic E-state index is 8.77. The molecule has 0 amide bonds. The van der Waals surface area contributed by atoms with E-state index >= 15 is 0 Å². The predicted octanol–water partition coefficient (Wildman–Crippen LogP) is 2.79. The molecule has 0 aliphatic carbocycles. The lowest BCUT2D eigenvalue weighted by Gasteiger charge is -2.23. The summed E-state index contributed by atoms with van der Waals surface area (Å²) in [6.45, 7) is 2.01. The highest BCUT2D eigenvalue weighted by molar-refractivity contribution is 5.76. The molecule has 2 rings (SSSR count). The molecule has 0 radical (unpaired) electrons. The van der Waals surface area contributed by atoms with E-state index in [1.807, 2.05) is 14.0 Å². The van der Waals surface area contributed by atoms with E-state index in [4.69, 9.17) is 5.26 Å². The smallest absolute Gasteiger partial charge is 0.106 e. The van der Waals surface area contributed by atoms with Crippen molar-refractivity contribution >= 4 is 11.0 Å². The van der Waals surface area contributed by atoms with Crippen molar-refractivity contribution in [3.05, 3.63) is 29.6 Å². The van der Waals surface area contributed by atoms with Gasteiger partial charge in [0, 0.05) is 19.5 Å². The number of hydrogen-bond donors (Lipinski definition) is 0. The van der Waals surface area contributed by atoms with Crippen molar-refractivity contribution < 1.29 is 0 Å². The molecule has 0 spiro atoms. The van der Waals surface area contributed by atoms with Gasteiger partial charge in [0.2, 0.25) is 0 Å². The van der Waals surface area contributed by atoms with Crippen LogP contribution in [-0.2, 0) is 7.05 Å². The number of aryl methyl sites for hydroxylation is 2. The highest BCUT2D eigenvalue weighted by atomic mass is 15.1. The summed E-state index contributed by atoms with van der Waals surface area (Å²) in [5, 5.41) is 8.77. The van der Waals surface area contributed by atoms with Crippen LogP contribution in [0.1, 0.15) is 30.3 Å². The molecule has 0 saturated heterocycles. The fourth-order valence-electron chi connectivity index (χ4n) is 2.47. The van der Waals surface area contributed by atoms with Gasteiger partial charge >= 0.3 is 0 Å². The molecule has 1 unspecified atom stereocenters. The van der Waals surface area contributed by atoms with Crippen molar-refractivity contribution in [2.45, 2.75) is 25.8 Å². The Labute approximate surface area is 114 Å². The predicted molar refractivity (Wildman–Crippen MR) is 76.7 cm³/mol. The maximum absolute atomic E-state index is 8.77. The minimum Gasteiger partial charge on any atom is -0.331 e. The molecule has 0 aliphatic heterocycles. The van der Waals surface area contributed by atoms with Crippen LogP contribution in [0.25, 0.3) is 11.0 Å². The molecule has 19 heavy (non-hydrogen) atoms. The first kappa shape index (κ1) is 13.6. The summed E-state index contributed by atoms with van der Waals surface area (Å²) >= 11 is 0. The number of imidazole rings is 1. The Bertz CT molecular complexity index is 619. The number of benzene rings is 1. The number of aromatic nitrogens is 2. The number of nitriles is 1. The van der Waals surface area contributed by atoms with E-state index in [1.165, 1.54) is 5.56 Å². The van der Waals surface area contributed by atoms with Crippen molar-refractivity contribution in [3.8, 4) is 6.07 Å². The summed E-state index contributed by atoms with van der Waals surface area (Å²) < 4.78 is 2.10. The van der Waals surface area contributed by atoms with Crippen LogP contribution >= 0.6 is 0 Å². The average molecular weight is 256 g/mol. The number of hydrogen-bond acceptors (Lipinski definition) is 3. The van der Waals surface area contributed by atoms with Crippen molar-refractivity contribution in [1.82, 2.24) is 14.5 Å². The second-order valence-electron chi connectivity index (χ2n) is 5.14. The van der Waals surface area contributed by atoms with Crippen molar-refractivity contribution in [3.63, 3.8) is 0 Å². The molecule has 4 heteroatoms. The summed E-state index contributed by atoms with van der Waals surface area (Å²) in [5.41, 5.74) is 3.41. The maximum Gasteiger partial charge on any atom is 0.106 e. The minimum absolute atomic E-state index is 0.270. The van der Waals surface area contributed by atoms with Gasteiger partial charge in [0.25, 0.3) is 0 Å². The highest BCUT2D eigenvalue weighted by Crippen LogP contribution is 2.26. The standard InChI is InChI=1S/C15H20N4/c1-11-17-13-10-12(7-8-15(13)19(11)4)14(18(2)3)6-5-9-16/h7-8,10,14H,5-6H2,1-4H3. The second-order valence-corrected chi connectivity index (χ2v) is 5.14. The van der Waals surface area contributed by atoms with Crippen LogP contribution in [0.3, 0.4) is 0 Å². The largest absolute Gasteiger partial charge is 0.331 e. The third-order valence-corrected chi connectivity index (χ3v) is 3.67. The van der Waals surface area contributed by atoms with E-state index in [2.05, 4.69) is 52.8 Å². The zero-order chi connectivity index (χ0) is 14.0. The summed E-state index contributed by atoms with van der Waals surface area (Å²) in [7, 11) is 6.13. The fourth-order valence-corrected chi connectivity index (χ4v) is 2.47. The van der Waals surface area contributed by atoms with E-state index < -0.39 is 0 Å². The highest BCUT2D eigenvalue weighted by Gasteiger charge is 2.15. The first-order valence-corrected chi connectivity index (χ1v) is 6.51. The summed E-state index contributed by atoms with van der Waals surface area (Å²) in [6.07, 6.45) is 1.42. The third kappa shape index (κ3) is 2.61. The van der Waals surface area contributed by atoms with Crippen LogP contribution in [0.4, 0.5) is 0 Å². The van der Waals surface area contributed by atoms with Gasteiger partial charge in [-0.25, -0.2) is 4.98 Å². The Morgan fingerprint density at radius 3 is 2.79 bits per heavy atom. The van der Waals surface area contributed by atoms with E-state index in [0.29, 0.717) is 6.42 Å². The quantitative estimate of drug-likeness (QED) is 0.845. The van der Waals surface area contributed by atoms with Gasteiger partial charge in [-0.15, -0.1) is 0 Å². The van der Waals surface area contributed by atoms with Gasteiger partial charge in [0.1, 0.15) is 5.82 Å². The molecule has 0 aliphatic rings. The Morgan fingerprint density at radius 1 is 1.42 bits per heavy atom. The summed E-state index contributed by atoms with van der Waals surface area (Å²) in [5.74, 6) is 1.02. The topological polar surface area (TPSA) is 44.9 Å². The molecular weight excluding hydrogens is 236 g/mol. The SMILES string of the molecule is Cc1nc2cc(C(CCC#N)N(C)C)ccc2n1C. The lowest BCUT2D eigenvalue weighted by atomic mass is 10.0. The molecule has 1 heterocycles. The van der Waals surface area contributed by atoms with Gasteiger partial charge < -0.3 is 9.47 Å². The first-order chi connectivity index (χ1) is 9.04. The molecule has 0 fully saturated rings. The van der Waals surface area contributed by atoms with E-state index in [1.54, 1.807) is 0 Å². The minimum atomic E-state index is 0.270. The van der Waals surface area contributed by atoms with Crippen molar-refractivity contribution in [2.75, 3.05) is 14.1 Å². The van der Waals surface area contributed by atoms with Crippen LogP contribution in [0, 0.1) is 18.3 Å². The lowest BCUT2D eigenvalue weighted by molar-refractivity contribution is 0.286. The van der Waals surface area contributed by atoms with E-state index in [-0.39, 0.29) is 6.04 Å². The first-order valence-electron chi connectivity index (χ1n) is 6.51. The molecule has 2 aromatic rings. The molecule has 1 aromatic heterocycles. The molecule has 4 nitrogen and oxygen atoms in total. The Kier molecular flexibility index (Phi) is 3.87. The van der Waals surface area contributed by atoms with Gasteiger partial charge in [-0.1, -0.05) is 6.07 Å². The van der Waals surface area contributed by atoms with Crippen LogP contribution in [0.15, 0.2) is 18.2 Å². The second kappa shape index (κ2) is 5.41. The lowest BCUT2D eigenvalue weighted by Crippen LogP contribution is -2.19. The molecule has 1 aromatic carbocycles. The van der Waals surface area contributed by atoms with Crippen LogP contribution in [0.5, 0.6) is 0 Å². The molecule has 1 atom stereocenters. The van der Waals surface area contributed by atoms with Crippen LogP contribution < -0.4 is 0 Å². The number of fused-ring (bicyclic) bond motifs is 1. The van der Waals surface area contributed by atoms with Crippen LogP contribution in [-0.4, -0.2) is 28.5 Å². The summed E-state index contributed by atoms with van der Waals surface area (Å²) in [6, 6.07) is 8.90. The van der Waals surface area contributed by atoms with Gasteiger partial charge in [0.15, 0.2) is 0 Å². The summed E-state index contributed by atoms with van der Waals surface area (Å²) in [4.78, 5) is 6.74. The zero-order valence-corrected chi connectivity index (χ0v) is 12.0. The molecule has 0 N–H and O–H groups in total. The number of rotatable bonds is 4. The van der Waals surface area contributed by atoms with Gasteiger partial charge in [-0.2, -0.15) is 5.26 Å². The fraction of sp³-hybridized carbons (Fsp3) is 0.467.